The van der Waals surface area contributed by atoms with E-state index in [1.165, 1.54) is 77.0 Å². The molecule has 0 saturated heterocycles. The van der Waals surface area contributed by atoms with Gasteiger partial charge >= 0.3 is 13.8 Å². The summed E-state index contributed by atoms with van der Waals surface area (Å²) < 4.78 is 34.9. The zero-order valence-corrected chi connectivity index (χ0v) is 35.6. The van der Waals surface area contributed by atoms with Gasteiger partial charge in [-0.1, -0.05) is 158 Å². The Morgan fingerprint density at radius 2 is 1.08 bits per heavy atom. The second-order valence-electron chi connectivity index (χ2n) is 15.0. The standard InChI is InChI=1S/C44H80NO7P/c1-6-8-10-12-14-16-18-20-22-23-24-25-27-29-31-33-35-37-44(46)52-43(42-51-53(47,48)50-40-38-45(3,4)5)41-49-39-36-34-32-30-28-26-21-19-17-15-13-11-9-7-2/h8,10,14,16,20,22,24-25,29,31,43H,6-7,9,11-13,15,17-19,21,23,26-28,30,32-42H2,1-5H3/p+1/b10-8+,16-14+,22-20+,25-24+,31-29+/t43-/m1/s1. The van der Waals surface area contributed by atoms with Crippen molar-refractivity contribution in [3.63, 3.8) is 0 Å². The maximum Gasteiger partial charge on any atom is 0.472 e. The summed E-state index contributed by atoms with van der Waals surface area (Å²) in [5.74, 6) is -0.371. The lowest BCUT2D eigenvalue weighted by molar-refractivity contribution is -0.870. The SMILES string of the molecule is CC/C=C/C/C=C/C/C=C/C/C=C/C/C=C/CCCC(=O)O[C@H](COCCCCCCCCCCCCCCCC)COP(=O)(O)OCC[N+](C)(C)C. The van der Waals surface area contributed by atoms with E-state index in [9.17, 15) is 14.3 Å². The number of hydrogen-bond acceptors (Lipinski definition) is 6. The Hall–Kier alpha value is -1.80. The van der Waals surface area contributed by atoms with E-state index in [1.807, 2.05) is 21.1 Å². The second-order valence-corrected chi connectivity index (χ2v) is 16.4. The van der Waals surface area contributed by atoms with E-state index in [-0.39, 0.29) is 32.2 Å². The number of likely N-dealkylation sites (N-methyl/N-ethyl adjacent to an activating group) is 1. The molecule has 53 heavy (non-hydrogen) atoms. The highest BCUT2D eigenvalue weighted by molar-refractivity contribution is 7.47. The number of carbonyl (C=O) groups excluding carboxylic acids is 1. The van der Waals surface area contributed by atoms with Gasteiger partial charge in [0.05, 0.1) is 34.4 Å². The summed E-state index contributed by atoms with van der Waals surface area (Å²) in [6.07, 6.45) is 45.4. The van der Waals surface area contributed by atoms with E-state index in [1.54, 1.807) is 0 Å². The number of hydrogen-bond donors (Lipinski definition) is 1. The molecular weight excluding hydrogens is 685 g/mol. The van der Waals surface area contributed by atoms with E-state index < -0.39 is 13.9 Å². The van der Waals surface area contributed by atoms with Gasteiger partial charge in [0.15, 0.2) is 0 Å². The first kappa shape index (κ1) is 51.2. The van der Waals surface area contributed by atoms with Crippen LogP contribution in [0, 0.1) is 0 Å². The third-order valence-electron chi connectivity index (χ3n) is 8.59. The minimum Gasteiger partial charge on any atom is -0.457 e. The van der Waals surface area contributed by atoms with Gasteiger partial charge in [0, 0.05) is 13.0 Å². The molecule has 0 aliphatic rings. The van der Waals surface area contributed by atoms with Crippen LogP contribution in [0.3, 0.4) is 0 Å². The van der Waals surface area contributed by atoms with Gasteiger partial charge < -0.3 is 18.9 Å². The van der Waals surface area contributed by atoms with E-state index >= 15 is 0 Å². The molecule has 0 aromatic heterocycles. The topological polar surface area (TPSA) is 91.3 Å². The molecule has 0 aromatic carbocycles. The number of allylic oxidation sites excluding steroid dienone is 10. The van der Waals surface area contributed by atoms with Gasteiger partial charge in [-0.2, -0.15) is 0 Å². The number of quaternary nitrogens is 1. The summed E-state index contributed by atoms with van der Waals surface area (Å²) in [5, 5.41) is 0. The third-order valence-corrected chi connectivity index (χ3v) is 9.58. The number of unbranched alkanes of at least 4 members (excludes halogenated alkanes) is 14. The normalized spacial score (nSPS) is 14.5. The van der Waals surface area contributed by atoms with Crippen molar-refractivity contribution in [2.24, 2.45) is 0 Å². The molecule has 0 amide bonds. The predicted molar refractivity (Wildman–Crippen MR) is 224 cm³/mol. The summed E-state index contributed by atoms with van der Waals surface area (Å²) >= 11 is 0. The van der Waals surface area contributed by atoms with Crippen LogP contribution in [0.2, 0.25) is 0 Å². The van der Waals surface area contributed by atoms with Crippen LogP contribution in [0.25, 0.3) is 0 Å². The molecule has 0 bridgehead atoms. The van der Waals surface area contributed by atoms with E-state index in [2.05, 4.69) is 74.6 Å². The van der Waals surface area contributed by atoms with Crippen molar-refractivity contribution in [1.29, 1.82) is 0 Å². The van der Waals surface area contributed by atoms with Crippen molar-refractivity contribution in [2.75, 3.05) is 54.1 Å². The largest absolute Gasteiger partial charge is 0.472 e. The van der Waals surface area contributed by atoms with Gasteiger partial charge in [-0.15, -0.1) is 0 Å². The Bertz CT molecular complexity index is 1030. The number of carbonyl (C=O) groups is 1. The highest BCUT2D eigenvalue weighted by atomic mass is 31.2. The Morgan fingerprint density at radius 3 is 1.57 bits per heavy atom. The van der Waals surface area contributed by atoms with Crippen molar-refractivity contribution in [3.8, 4) is 0 Å². The number of nitrogens with zero attached hydrogens (tertiary/aromatic N) is 1. The number of rotatable bonds is 38. The average molecular weight is 767 g/mol. The van der Waals surface area contributed by atoms with Crippen molar-refractivity contribution in [3.05, 3.63) is 60.8 Å². The Kier molecular flexibility index (Phi) is 35.9. The molecule has 0 heterocycles. The fourth-order valence-electron chi connectivity index (χ4n) is 5.35. The first-order chi connectivity index (χ1) is 25.6. The summed E-state index contributed by atoms with van der Waals surface area (Å²) in [6.45, 7) is 5.43. The maximum absolute atomic E-state index is 12.6. The summed E-state index contributed by atoms with van der Waals surface area (Å²) in [6, 6.07) is 0. The van der Waals surface area contributed by atoms with Gasteiger partial charge in [0.1, 0.15) is 19.3 Å². The average Bonchev–Trinajstić information content (AvgIpc) is 3.11. The summed E-state index contributed by atoms with van der Waals surface area (Å²) in [7, 11) is 1.63. The Balaban J connectivity index is 4.37. The van der Waals surface area contributed by atoms with Crippen LogP contribution in [0.5, 0.6) is 0 Å². The van der Waals surface area contributed by atoms with E-state index in [4.69, 9.17) is 18.5 Å². The summed E-state index contributed by atoms with van der Waals surface area (Å²) in [5.41, 5.74) is 0. The van der Waals surface area contributed by atoms with Crippen molar-refractivity contribution < 1.29 is 37.3 Å². The monoisotopic (exact) mass is 767 g/mol. The molecule has 0 aliphatic heterocycles. The number of ether oxygens (including phenoxy) is 2. The molecule has 0 radical (unpaired) electrons. The minimum atomic E-state index is -4.29. The van der Waals surface area contributed by atoms with E-state index in [0.29, 0.717) is 24.1 Å². The summed E-state index contributed by atoms with van der Waals surface area (Å²) in [4.78, 5) is 22.8. The minimum absolute atomic E-state index is 0.0765. The van der Waals surface area contributed by atoms with Crippen LogP contribution < -0.4 is 0 Å². The highest BCUT2D eigenvalue weighted by Crippen LogP contribution is 2.43. The molecule has 0 saturated carbocycles. The zero-order chi connectivity index (χ0) is 39.1. The fourth-order valence-corrected chi connectivity index (χ4v) is 6.09. The lowest BCUT2D eigenvalue weighted by Gasteiger charge is -2.24. The lowest BCUT2D eigenvalue weighted by Crippen LogP contribution is -2.37. The molecule has 0 aromatic rings. The van der Waals surface area contributed by atoms with Gasteiger partial charge in [0.2, 0.25) is 0 Å². The van der Waals surface area contributed by atoms with Gasteiger partial charge in [-0.3, -0.25) is 13.8 Å². The molecule has 1 N–H and O–H groups in total. The van der Waals surface area contributed by atoms with Crippen LogP contribution >= 0.6 is 7.82 Å². The third kappa shape index (κ3) is 41.2. The molecular formula is C44H81NO7P+. The molecule has 8 nitrogen and oxygen atoms in total. The molecule has 9 heteroatoms. The second kappa shape index (κ2) is 37.1. The van der Waals surface area contributed by atoms with Gasteiger partial charge in [-0.25, -0.2) is 4.57 Å². The lowest BCUT2D eigenvalue weighted by atomic mass is 10.0. The molecule has 1 unspecified atom stereocenters. The number of esters is 1. The van der Waals surface area contributed by atoms with E-state index in [0.717, 1.165) is 51.4 Å². The van der Waals surface area contributed by atoms with Crippen LogP contribution in [-0.2, 0) is 27.9 Å². The van der Waals surface area contributed by atoms with Crippen LogP contribution in [0.4, 0.5) is 0 Å². The maximum atomic E-state index is 12.6. The van der Waals surface area contributed by atoms with Gasteiger partial charge in [-0.05, 0) is 51.4 Å². The molecule has 0 aliphatic carbocycles. The van der Waals surface area contributed by atoms with Gasteiger partial charge in [0.25, 0.3) is 0 Å². The van der Waals surface area contributed by atoms with Crippen LogP contribution in [0.15, 0.2) is 60.8 Å². The van der Waals surface area contributed by atoms with Crippen molar-refractivity contribution in [1.82, 2.24) is 0 Å². The predicted octanol–water partition coefficient (Wildman–Crippen LogP) is 12.2. The number of phosphoric acid groups is 1. The Morgan fingerprint density at radius 1 is 0.604 bits per heavy atom. The smallest absolute Gasteiger partial charge is 0.457 e. The van der Waals surface area contributed by atoms with Crippen LogP contribution in [-0.4, -0.2) is 75.6 Å². The van der Waals surface area contributed by atoms with Crippen molar-refractivity contribution in [2.45, 2.75) is 161 Å². The molecule has 0 fully saturated rings. The van der Waals surface area contributed by atoms with Crippen molar-refractivity contribution >= 4 is 13.8 Å². The fraction of sp³-hybridized carbons (Fsp3) is 0.750. The Labute approximate surface area is 326 Å². The quantitative estimate of drug-likeness (QED) is 0.0220. The number of phosphoric ester groups is 1. The molecule has 0 rings (SSSR count). The molecule has 2 atom stereocenters. The zero-order valence-electron chi connectivity index (χ0n) is 34.7. The molecule has 308 valence electrons. The molecule has 0 spiro atoms. The highest BCUT2D eigenvalue weighted by Gasteiger charge is 2.26. The van der Waals surface area contributed by atoms with Crippen LogP contribution in [0.1, 0.15) is 155 Å². The first-order valence-corrected chi connectivity index (χ1v) is 22.5. The first-order valence-electron chi connectivity index (χ1n) is 21.0.